The largest absolute Gasteiger partial charge is 0.462 e. The Kier molecular flexibility index (Phi) is 3.00. The topological polar surface area (TPSA) is 56.8 Å². The number of rotatable bonds is 1. The molecule has 2 spiro atoms. The molecule has 1 heterocycles. The second-order valence-electron chi connectivity index (χ2n) is 7.12. The molecule has 0 saturated heterocycles. The Bertz CT molecular complexity index is 757. The number of fused-ring (bicyclic) bond motifs is 3. The molecule has 2 aliphatic carbocycles. The zero-order chi connectivity index (χ0) is 18.0. The van der Waals surface area contributed by atoms with E-state index in [4.69, 9.17) is 17.9 Å². The Morgan fingerprint density at radius 1 is 1.52 bits per heavy atom. The summed E-state index contributed by atoms with van der Waals surface area (Å²) in [6.07, 6.45) is 3.54. The normalized spacial score (nSPS) is 42.1. The molecule has 1 saturated carbocycles. The number of methoxy groups -OCH3 is 1. The fraction of sp³-hybridized carbons (Fsp3) is 0.611. The number of hydrogen-bond acceptors (Lipinski definition) is 4. The number of nitrogens with two attached hydrogens (primary N) is 1. The van der Waals surface area contributed by atoms with E-state index in [0.29, 0.717) is 5.92 Å². The molecule has 0 amide bonds. The van der Waals surface area contributed by atoms with Gasteiger partial charge >= 0.3 is 0 Å². The number of aliphatic imine (C=N–C) groups is 1. The van der Waals surface area contributed by atoms with Crippen LogP contribution in [0.25, 0.3) is 0 Å². The van der Waals surface area contributed by atoms with Crippen LogP contribution < -0.4 is 5.73 Å². The summed E-state index contributed by atoms with van der Waals surface area (Å²) in [6.45, 7) is 0.211. The zero-order valence-electron chi connectivity index (χ0n) is 15.4. The van der Waals surface area contributed by atoms with Gasteiger partial charge in [-0.25, -0.2) is 4.99 Å². The van der Waals surface area contributed by atoms with E-state index in [1.165, 1.54) is 0 Å². The van der Waals surface area contributed by atoms with Crippen molar-refractivity contribution < 1.29 is 12.2 Å². The van der Waals surface area contributed by atoms with Gasteiger partial charge in [-0.1, -0.05) is 28.9 Å². The predicted octanol–water partition coefficient (Wildman–Crippen LogP) is 3.37. The highest BCUT2D eigenvalue weighted by atomic mass is 79.9. The van der Waals surface area contributed by atoms with Gasteiger partial charge in [-0.15, -0.1) is 0 Å². The molecule has 1 fully saturated rings. The predicted molar refractivity (Wildman–Crippen MR) is 93.3 cm³/mol. The van der Waals surface area contributed by atoms with Gasteiger partial charge in [0.2, 0.25) is 0 Å². The van der Waals surface area contributed by atoms with Gasteiger partial charge in [0, 0.05) is 17.0 Å². The van der Waals surface area contributed by atoms with Crippen molar-refractivity contribution >= 4 is 22.0 Å². The maximum Gasteiger partial charge on any atom is 0.283 e. The Morgan fingerprint density at radius 3 is 3.00 bits per heavy atom. The standard InChI is InChI=1S/C18H23BrN2O2/c1-11-8-17(6-5-15(11)22-2)9-12-3-4-13(19)7-14(12)18(17)10-23-16(20)21-18/h3-4,7,11,15H,5-6,8-10H2,1-2H3,(H2,20,21)/t11?,15-,17-,18?/m1/s1/i10D2. The lowest BCUT2D eigenvalue weighted by molar-refractivity contribution is -0.0445. The molecule has 5 heteroatoms. The maximum atomic E-state index is 8.69. The van der Waals surface area contributed by atoms with Gasteiger partial charge in [-0.05, 0) is 54.9 Å². The minimum atomic E-state index is -1.97. The van der Waals surface area contributed by atoms with Crippen LogP contribution >= 0.6 is 15.9 Å². The molecule has 23 heavy (non-hydrogen) atoms. The van der Waals surface area contributed by atoms with E-state index in [1.807, 2.05) is 12.1 Å². The third kappa shape index (κ3) is 2.09. The van der Waals surface area contributed by atoms with E-state index >= 15 is 0 Å². The third-order valence-corrected chi connectivity index (χ3v) is 6.39. The van der Waals surface area contributed by atoms with Gasteiger partial charge in [0.1, 0.15) is 12.1 Å². The Hall–Kier alpha value is -1.07. The smallest absolute Gasteiger partial charge is 0.283 e. The van der Waals surface area contributed by atoms with Crippen LogP contribution in [0.2, 0.25) is 0 Å². The lowest BCUT2D eigenvalue weighted by atomic mass is 9.59. The van der Waals surface area contributed by atoms with E-state index in [9.17, 15) is 0 Å². The van der Waals surface area contributed by atoms with Crippen molar-refractivity contribution in [3.63, 3.8) is 0 Å². The molecule has 4 nitrogen and oxygen atoms in total. The van der Waals surface area contributed by atoms with Gasteiger partial charge < -0.3 is 15.2 Å². The molecular formula is C18H23BrN2O2. The van der Waals surface area contributed by atoms with E-state index < -0.39 is 12.1 Å². The summed E-state index contributed by atoms with van der Waals surface area (Å²) in [4.78, 5) is 4.65. The maximum absolute atomic E-state index is 8.69. The minimum absolute atomic E-state index is 0.0567. The van der Waals surface area contributed by atoms with Gasteiger partial charge in [-0.3, -0.25) is 0 Å². The third-order valence-electron chi connectivity index (χ3n) is 5.90. The monoisotopic (exact) mass is 380 g/mol. The summed E-state index contributed by atoms with van der Waals surface area (Å²) in [7, 11) is 1.75. The van der Waals surface area contributed by atoms with Crippen LogP contribution in [0, 0.1) is 11.3 Å². The average Bonchev–Trinajstić information content (AvgIpc) is 2.93. The summed E-state index contributed by atoms with van der Waals surface area (Å²) in [5.41, 5.74) is 6.47. The van der Waals surface area contributed by atoms with Crippen molar-refractivity contribution in [1.82, 2.24) is 0 Å². The number of amidine groups is 1. The van der Waals surface area contributed by atoms with Gasteiger partial charge in [0.15, 0.2) is 0 Å². The first-order valence-electron chi connectivity index (χ1n) is 9.11. The zero-order valence-corrected chi connectivity index (χ0v) is 15.0. The SMILES string of the molecule is [2H]C1([2H])OC(N)=NC12c1cc(Br)ccc1C[C@]21CC[C@@H](OC)C(C)C1. The van der Waals surface area contributed by atoms with Crippen molar-refractivity contribution in [3.05, 3.63) is 33.8 Å². The van der Waals surface area contributed by atoms with Crippen LogP contribution in [0.15, 0.2) is 27.7 Å². The highest BCUT2D eigenvalue weighted by molar-refractivity contribution is 9.10. The van der Waals surface area contributed by atoms with Crippen molar-refractivity contribution in [2.45, 2.75) is 44.2 Å². The first-order valence-corrected chi connectivity index (χ1v) is 8.90. The van der Waals surface area contributed by atoms with Crippen LogP contribution in [-0.4, -0.2) is 25.8 Å². The van der Waals surface area contributed by atoms with Crippen LogP contribution in [-0.2, 0) is 21.4 Å². The van der Waals surface area contributed by atoms with Crippen molar-refractivity contribution in [2.24, 2.45) is 22.1 Å². The van der Waals surface area contributed by atoms with Crippen molar-refractivity contribution in [2.75, 3.05) is 13.7 Å². The number of ether oxygens (including phenoxy) is 2. The van der Waals surface area contributed by atoms with E-state index in [2.05, 4.69) is 33.9 Å². The average molecular weight is 381 g/mol. The molecule has 1 aliphatic heterocycles. The number of benzene rings is 1. The Morgan fingerprint density at radius 2 is 2.35 bits per heavy atom. The van der Waals surface area contributed by atoms with E-state index in [0.717, 1.165) is 41.3 Å². The van der Waals surface area contributed by atoms with Gasteiger partial charge in [0.05, 0.1) is 8.85 Å². The molecule has 4 rings (SSSR count). The molecule has 2 N–H and O–H groups in total. The van der Waals surface area contributed by atoms with Crippen LogP contribution in [0.3, 0.4) is 0 Å². The van der Waals surface area contributed by atoms with Crippen LogP contribution in [0.1, 0.15) is 40.1 Å². The Labute approximate surface area is 148 Å². The molecule has 124 valence electrons. The number of hydrogen-bond donors (Lipinski definition) is 1. The highest BCUT2D eigenvalue weighted by Gasteiger charge is 2.62. The van der Waals surface area contributed by atoms with Crippen LogP contribution in [0.5, 0.6) is 0 Å². The number of halogens is 1. The first-order chi connectivity index (χ1) is 11.7. The fourth-order valence-corrected chi connectivity index (χ4v) is 5.25. The Balaban J connectivity index is 1.92. The molecule has 2 unspecified atom stereocenters. The summed E-state index contributed by atoms with van der Waals surface area (Å²) in [6, 6.07) is 6.01. The summed E-state index contributed by atoms with van der Waals surface area (Å²) in [5.74, 6) is 0.321. The minimum Gasteiger partial charge on any atom is -0.462 e. The number of nitrogens with zero attached hydrogens (tertiary/aromatic N) is 1. The van der Waals surface area contributed by atoms with Crippen molar-refractivity contribution in [3.8, 4) is 0 Å². The lowest BCUT2D eigenvalue weighted by Gasteiger charge is -2.47. The molecule has 3 aliphatic rings. The molecular weight excluding hydrogens is 356 g/mol. The summed E-state index contributed by atoms with van der Waals surface area (Å²) < 4.78 is 29.3. The molecule has 4 atom stereocenters. The highest BCUT2D eigenvalue weighted by Crippen LogP contribution is 2.62. The summed E-state index contributed by atoms with van der Waals surface area (Å²) >= 11 is 3.53. The summed E-state index contributed by atoms with van der Waals surface area (Å²) in [5, 5.41) is 0. The lowest BCUT2D eigenvalue weighted by Crippen LogP contribution is -2.48. The molecule has 0 aromatic heterocycles. The quantitative estimate of drug-likeness (QED) is 0.812. The molecule has 1 aromatic carbocycles. The first kappa shape index (κ1) is 13.2. The van der Waals surface area contributed by atoms with Gasteiger partial charge in [-0.2, -0.15) is 0 Å². The van der Waals surface area contributed by atoms with Crippen LogP contribution in [0.4, 0.5) is 0 Å². The van der Waals surface area contributed by atoms with Crippen molar-refractivity contribution in [1.29, 1.82) is 0 Å². The molecule has 1 aromatic rings. The second kappa shape index (κ2) is 5.21. The second-order valence-corrected chi connectivity index (χ2v) is 8.03. The molecule has 0 bridgehead atoms. The van der Waals surface area contributed by atoms with E-state index in [1.54, 1.807) is 7.11 Å². The van der Waals surface area contributed by atoms with E-state index in [-0.39, 0.29) is 17.5 Å². The van der Waals surface area contributed by atoms with Gasteiger partial charge in [0.25, 0.3) is 6.02 Å². The fourth-order valence-electron chi connectivity index (χ4n) is 4.89. The molecule has 0 radical (unpaired) electrons.